The van der Waals surface area contributed by atoms with Gasteiger partial charge in [0, 0.05) is 0 Å². The Morgan fingerprint density at radius 3 is 1.28 bits per heavy atom. The minimum absolute atomic E-state index is 0.148. The molecule has 0 saturated heterocycles. The molecule has 2 amide bonds. The molecule has 0 fully saturated rings. The van der Waals surface area contributed by atoms with Crippen LogP contribution < -0.4 is 27.3 Å². The van der Waals surface area contributed by atoms with Gasteiger partial charge in [-0.3, -0.25) is 0 Å². The van der Waals surface area contributed by atoms with E-state index in [1.807, 2.05) is 36.4 Å². The van der Waals surface area contributed by atoms with Gasteiger partial charge in [-0.15, -0.1) is 0 Å². The van der Waals surface area contributed by atoms with E-state index in [-0.39, 0.29) is 11.8 Å². The van der Waals surface area contributed by atoms with Crippen LogP contribution in [0.1, 0.15) is 20.7 Å². The predicted molar refractivity (Wildman–Crippen MR) is 146 cm³/mol. The zero-order valence-electron chi connectivity index (χ0n) is 19.7. The van der Waals surface area contributed by atoms with Crippen molar-refractivity contribution in [3.63, 3.8) is 0 Å². The van der Waals surface area contributed by atoms with Crippen molar-refractivity contribution in [1.82, 2.24) is 0 Å². The maximum atomic E-state index is 12.8. The Hall–Kier alpha value is -3.00. The fourth-order valence-electron chi connectivity index (χ4n) is 3.25. The number of carbonyl (C=O) groups excluding carboxylic acids is 2. The number of benzene rings is 4. The van der Waals surface area contributed by atoms with E-state index in [0.29, 0.717) is 22.6 Å². The van der Waals surface area contributed by atoms with Gasteiger partial charge in [-0.2, -0.15) is 0 Å². The number of carbonyl (C=O) groups is 2. The zero-order valence-corrected chi connectivity index (χ0v) is 24.3. The normalized spacial score (nSPS) is 10.4. The Labute approximate surface area is 226 Å². The van der Waals surface area contributed by atoms with Gasteiger partial charge in [0.1, 0.15) is 0 Å². The van der Waals surface area contributed by atoms with E-state index in [4.69, 9.17) is 9.47 Å². The van der Waals surface area contributed by atoms with Gasteiger partial charge in [-0.05, 0) is 0 Å². The predicted octanol–water partition coefficient (Wildman–Crippen LogP) is 3.48. The van der Waals surface area contributed by atoms with Crippen molar-refractivity contribution in [3.05, 3.63) is 108 Å². The molecule has 4 aromatic carbocycles. The topological polar surface area (TPSA) is 76.7 Å². The van der Waals surface area contributed by atoms with Gasteiger partial charge >= 0.3 is 228 Å². The molecule has 0 atom stereocenters. The number of anilines is 2. The van der Waals surface area contributed by atoms with Crippen molar-refractivity contribution >= 4 is 64.5 Å². The molecule has 0 spiro atoms. The molecule has 4 rings (SSSR count). The first-order valence-electron chi connectivity index (χ1n) is 11.0. The van der Waals surface area contributed by atoms with Crippen molar-refractivity contribution in [2.45, 2.75) is 0 Å². The molecule has 36 heavy (non-hydrogen) atoms. The van der Waals surface area contributed by atoms with Crippen molar-refractivity contribution in [1.29, 1.82) is 0 Å². The molecular formula is C28H24N2O4Te2. The van der Waals surface area contributed by atoms with Crippen LogP contribution in [0.5, 0.6) is 11.5 Å². The Morgan fingerprint density at radius 2 is 0.917 bits per heavy atom. The van der Waals surface area contributed by atoms with E-state index >= 15 is 0 Å². The molecule has 0 aliphatic heterocycles. The minimum atomic E-state index is -0.575. The molecule has 0 radical (unpaired) electrons. The molecular weight excluding hydrogens is 684 g/mol. The summed E-state index contributed by atoms with van der Waals surface area (Å²) in [5.41, 5.74) is 2.86. The van der Waals surface area contributed by atoms with Gasteiger partial charge in [0.2, 0.25) is 0 Å². The van der Waals surface area contributed by atoms with Crippen LogP contribution in [0, 0.1) is 0 Å². The maximum absolute atomic E-state index is 12.8. The van der Waals surface area contributed by atoms with Crippen LogP contribution in [0.3, 0.4) is 0 Å². The van der Waals surface area contributed by atoms with Crippen molar-refractivity contribution < 1.29 is 19.1 Å². The van der Waals surface area contributed by atoms with E-state index < -0.39 is 34.1 Å². The van der Waals surface area contributed by atoms with Crippen LogP contribution in [0.4, 0.5) is 11.4 Å². The molecule has 0 aromatic heterocycles. The fourth-order valence-corrected chi connectivity index (χ4v) is 14.7. The summed E-state index contributed by atoms with van der Waals surface area (Å²) in [5, 5.41) is 6.14. The summed E-state index contributed by atoms with van der Waals surface area (Å²) >= 11 is -1.15. The van der Waals surface area contributed by atoms with Crippen LogP contribution in [0.25, 0.3) is 0 Å². The molecule has 8 heteroatoms. The quantitative estimate of drug-likeness (QED) is 0.262. The summed E-state index contributed by atoms with van der Waals surface area (Å²) in [7, 11) is 3.20. The van der Waals surface area contributed by atoms with Gasteiger partial charge in [0.25, 0.3) is 0 Å². The molecule has 0 saturated carbocycles. The third-order valence-corrected chi connectivity index (χ3v) is 17.0. The number of methoxy groups -OCH3 is 2. The molecule has 0 aliphatic carbocycles. The summed E-state index contributed by atoms with van der Waals surface area (Å²) in [5.74, 6) is 1.13. The SMILES string of the molecule is COc1ccc(C(=O)Nc2ccccc2[Te][Te]c2ccccc2NC(=O)c2ccc(OC)cc2)cc1. The standard InChI is InChI=1S/C28H24N2O4Te2/c1-33-21-15-11-19(12-16-21)27(31)29-23-7-3-5-9-25(23)35-36-26-10-6-4-8-24(26)30-28(32)20-13-17-22(34-2)18-14-20/h3-18H,1-2H3,(H,29,31)(H,30,32). The first kappa shape index (κ1) is 26.1. The van der Waals surface area contributed by atoms with Crippen molar-refractivity contribution in [2.24, 2.45) is 0 Å². The average Bonchev–Trinajstić information content (AvgIpc) is 2.93. The third kappa shape index (κ3) is 6.81. The Balaban J connectivity index is 1.44. The van der Waals surface area contributed by atoms with Crippen LogP contribution in [-0.4, -0.2) is 60.1 Å². The molecule has 182 valence electrons. The molecule has 0 aliphatic rings. The second-order valence-corrected chi connectivity index (χ2v) is 17.4. The van der Waals surface area contributed by atoms with Crippen molar-refractivity contribution in [2.75, 3.05) is 24.9 Å². The van der Waals surface area contributed by atoms with E-state index in [9.17, 15) is 9.59 Å². The number of ether oxygens (including phenoxy) is 2. The molecule has 4 aromatic rings. The number of rotatable bonds is 9. The number of amides is 2. The van der Waals surface area contributed by atoms with E-state index in [1.165, 1.54) is 7.22 Å². The number of hydrogen-bond donors (Lipinski definition) is 2. The summed E-state index contributed by atoms with van der Waals surface area (Å²) in [6.07, 6.45) is 0. The monoisotopic (exact) mass is 712 g/mol. The van der Waals surface area contributed by atoms with Crippen molar-refractivity contribution in [3.8, 4) is 11.5 Å². The van der Waals surface area contributed by atoms with Gasteiger partial charge in [-0.25, -0.2) is 0 Å². The summed E-state index contributed by atoms with van der Waals surface area (Å²) in [6.45, 7) is 0. The van der Waals surface area contributed by atoms with Crippen LogP contribution in [0.2, 0.25) is 0 Å². The first-order chi connectivity index (χ1) is 17.6. The average molecular weight is 708 g/mol. The van der Waals surface area contributed by atoms with Gasteiger partial charge in [0.05, 0.1) is 0 Å². The molecule has 6 nitrogen and oxygen atoms in total. The number of nitrogens with one attached hydrogen (secondary N) is 2. The third-order valence-electron chi connectivity index (χ3n) is 5.20. The Morgan fingerprint density at radius 1 is 0.556 bits per heavy atom. The van der Waals surface area contributed by atoms with E-state index in [1.54, 1.807) is 62.8 Å². The van der Waals surface area contributed by atoms with Crippen LogP contribution in [-0.2, 0) is 0 Å². The second kappa shape index (κ2) is 12.8. The van der Waals surface area contributed by atoms with Gasteiger partial charge < -0.3 is 0 Å². The molecule has 0 bridgehead atoms. The zero-order chi connectivity index (χ0) is 25.3. The summed E-state index contributed by atoms with van der Waals surface area (Å²) in [4.78, 5) is 25.6. The van der Waals surface area contributed by atoms with Crippen LogP contribution >= 0.6 is 0 Å². The first-order valence-corrected chi connectivity index (χ1v) is 20.7. The molecule has 0 unspecified atom stereocenters. The van der Waals surface area contributed by atoms with Gasteiger partial charge in [0.15, 0.2) is 0 Å². The molecule has 0 heterocycles. The number of hydrogen-bond acceptors (Lipinski definition) is 4. The Bertz CT molecular complexity index is 1240. The summed E-state index contributed by atoms with van der Waals surface area (Å²) in [6, 6.07) is 30.1. The second-order valence-electron chi connectivity index (χ2n) is 7.52. The summed E-state index contributed by atoms with van der Waals surface area (Å²) < 4.78 is 12.7. The molecule has 2 N–H and O–H groups in total. The van der Waals surface area contributed by atoms with E-state index in [0.717, 1.165) is 11.4 Å². The number of para-hydroxylation sites is 2. The Kier molecular flexibility index (Phi) is 9.28. The van der Waals surface area contributed by atoms with Gasteiger partial charge in [-0.1, -0.05) is 0 Å². The fraction of sp³-hybridized carbons (Fsp3) is 0.0714. The van der Waals surface area contributed by atoms with Crippen LogP contribution in [0.15, 0.2) is 97.1 Å². The van der Waals surface area contributed by atoms with E-state index in [2.05, 4.69) is 22.8 Å².